The first-order valence-electron chi connectivity index (χ1n) is 8.36. The minimum atomic E-state index is -0.0800. The zero-order chi connectivity index (χ0) is 13.6. The van der Waals surface area contributed by atoms with Crippen LogP contribution in [0.4, 0.5) is 0 Å². The van der Waals surface area contributed by atoms with Crippen LogP contribution in [-0.4, -0.2) is 11.2 Å². The molecule has 0 heterocycles. The second kappa shape index (κ2) is 13.4. The first-order chi connectivity index (χ1) is 8.68. The van der Waals surface area contributed by atoms with Gasteiger partial charge in [0.05, 0.1) is 6.10 Å². The van der Waals surface area contributed by atoms with Crippen LogP contribution < -0.4 is 0 Å². The Balaban J connectivity index is 3.03. The summed E-state index contributed by atoms with van der Waals surface area (Å²) in [6, 6.07) is 0. The van der Waals surface area contributed by atoms with E-state index in [1.165, 1.54) is 70.6 Å². The summed E-state index contributed by atoms with van der Waals surface area (Å²) in [7, 11) is 0. The minimum absolute atomic E-state index is 0.0800. The quantitative estimate of drug-likeness (QED) is 0.419. The molecule has 0 rings (SSSR count). The average molecular weight is 256 g/mol. The summed E-state index contributed by atoms with van der Waals surface area (Å²) >= 11 is 0. The Morgan fingerprint density at radius 1 is 0.667 bits per heavy atom. The van der Waals surface area contributed by atoms with Crippen LogP contribution in [0, 0.1) is 5.92 Å². The number of rotatable bonds is 13. The Morgan fingerprint density at radius 3 is 1.44 bits per heavy atom. The van der Waals surface area contributed by atoms with Gasteiger partial charge >= 0.3 is 0 Å². The Kier molecular flexibility index (Phi) is 13.4. The highest BCUT2D eigenvalue weighted by Crippen LogP contribution is 2.14. The lowest BCUT2D eigenvalue weighted by atomic mass is 10.00. The van der Waals surface area contributed by atoms with Gasteiger partial charge in [0, 0.05) is 0 Å². The molecule has 1 atom stereocenters. The van der Waals surface area contributed by atoms with Crippen LogP contribution >= 0.6 is 0 Å². The van der Waals surface area contributed by atoms with Crippen LogP contribution in [0.15, 0.2) is 0 Å². The van der Waals surface area contributed by atoms with Crippen molar-refractivity contribution < 1.29 is 5.11 Å². The van der Waals surface area contributed by atoms with Crippen molar-refractivity contribution in [2.24, 2.45) is 5.92 Å². The Bertz CT molecular complexity index is 154. The molecule has 0 spiro atoms. The van der Waals surface area contributed by atoms with Crippen LogP contribution in [0.2, 0.25) is 0 Å². The normalized spacial score (nSPS) is 13.2. The maximum Gasteiger partial charge on any atom is 0.0563 e. The van der Waals surface area contributed by atoms with Crippen LogP contribution in [-0.2, 0) is 0 Å². The molecule has 0 radical (unpaired) electrons. The average Bonchev–Trinajstić information content (AvgIpc) is 2.35. The molecule has 0 saturated carbocycles. The van der Waals surface area contributed by atoms with E-state index in [1.54, 1.807) is 0 Å². The molecule has 0 aromatic rings. The third-order valence-electron chi connectivity index (χ3n) is 3.87. The topological polar surface area (TPSA) is 20.2 Å². The van der Waals surface area contributed by atoms with Gasteiger partial charge in [-0.05, 0) is 12.3 Å². The zero-order valence-electron chi connectivity index (χ0n) is 13.1. The highest BCUT2D eigenvalue weighted by molar-refractivity contribution is 4.59. The standard InChI is InChI=1S/C17H36O/c1-4-5-6-7-8-9-10-11-12-13-14-15-17(18)16(2)3/h16-18H,4-15H2,1-3H3. The molecule has 1 unspecified atom stereocenters. The molecule has 0 aromatic carbocycles. The predicted molar refractivity (Wildman–Crippen MR) is 81.9 cm³/mol. The fraction of sp³-hybridized carbons (Fsp3) is 1.00. The number of hydrogen-bond donors (Lipinski definition) is 1. The van der Waals surface area contributed by atoms with E-state index in [2.05, 4.69) is 20.8 Å². The van der Waals surface area contributed by atoms with Crippen molar-refractivity contribution in [2.45, 2.75) is 104 Å². The second-order valence-electron chi connectivity index (χ2n) is 6.14. The van der Waals surface area contributed by atoms with Gasteiger partial charge in [0.1, 0.15) is 0 Å². The highest BCUT2D eigenvalue weighted by Gasteiger charge is 2.07. The lowest BCUT2D eigenvalue weighted by molar-refractivity contribution is 0.113. The molecule has 0 fully saturated rings. The molecule has 18 heavy (non-hydrogen) atoms. The molecule has 0 aromatic heterocycles. The first-order valence-corrected chi connectivity index (χ1v) is 8.36. The summed E-state index contributed by atoms with van der Waals surface area (Å²) in [6.45, 7) is 6.47. The van der Waals surface area contributed by atoms with Crippen molar-refractivity contribution in [3.05, 3.63) is 0 Å². The maximum absolute atomic E-state index is 9.67. The van der Waals surface area contributed by atoms with Crippen molar-refractivity contribution in [1.29, 1.82) is 0 Å². The van der Waals surface area contributed by atoms with Gasteiger partial charge in [-0.15, -0.1) is 0 Å². The summed E-state index contributed by atoms with van der Waals surface area (Å²) < 4.78 is 0. The van der Waals surface area contributed by atoms with Gasteiger partial charge in [0.2, 0.25) is 0 Å². The summed E-state index contributed by atoms with van der Waals surface area (Å²) in [5.74, 6) is 0.424. The van der Waals surface area contributed by atoms with Crippen LogP contribution in [0.25, 0.3) is 0 Å². The van der Waals surface area contributed by atoms with Gasteiger partial charge in [-0.3, -0.25) is 0 Å². The molecule has 0 bridgehead atoms. The van der Waals surface area contributed by atoms with E-state index in [9.17, 15) is 5.11 Å². The van der Waals surface area contributed by atoms with Crippen LogP contribution in [0.5, 0.6) is 0 Å². The smallest absolute Gasteiger partial charge is 0.0563 e. The molecule has 0 saturated heterocycles. The maximum atomic E-state index is 9.67. The van der Waals surface area contributed by atoms with Crippen molar-refractivity contribution in [3.63, 3.8) is 0 Å². The summed E-state index contributed by atoms with van der Waals surface area (Å²) in [5.41, 5.74) is 0. The molecule has 0 amide bonds. The SMILES string of the molecule is CCCCCCCCCCCCCC(O)C(C)C. The molecular formula is C17H36O. The molecule has 1 nitrogen and oxygen atoms in total. The molecule has 0 aliphatic rings. The Morgan fingerprint density at radius 2 is 1.06 bits per heavy atom. The third-order valence-corrected chi connectivity index (χ3v) is 3.87. The van der Waals surface area contributed by atoms with E-state index in [4.69, 9.17) is 0 Å². The highest BCUT2D eigenvalue weighted by atomic mass is 16.3. The number of aliphatic hydroxyl groups excluding tert-OH is 1. The van der Waals surface area contributed by atoms with E-state index in [1.807, 2.05) is 0 Å². The monoisotopic (exact) mass is 256 g/mol. The van der Waals surface area contributed by atoms with Crippen LogP contribution in [0.3, 0.4) is 0 Å². The lowest BCUT2D eigenvalue weighted by Gasteiger charge is -2.13. The van der Waals surface area contributed by atoms with E-state index in [-0.39, 0.29) is 6.10 Å². The third kappa shape index (κ3) is 12.4. The van der Waals surface area contributed by atoms with Gasteiger partial charge in [-0.2, -0.15) is 0 Å². The molecule has 1 N–H and O–H groups in total. The number of hydrogen-bond acceptors (Lipinski definition) is 1. The number of unbranched alkanes of at least 4 members (excludes halogenated alkanes) is 10. The van der Waals surface area contributed by atoms with Gasteiger partial charge in [0.15, 0.2) is 0 Å². The van der Waals surface area contributed by atoms with Gasteiger partial charge < -0.3 is 5.11 Å². The lowest BCUT2D eigenvalue weighted by Crippen LogP contribution is -2.13. The second-order valence-corrected chi connectivity index (χ2v) is 6.14. The Labute approximate surface area is 115 Å². The van der Waals surface area contributed by atoms with Crippen molar-refractivity contribution >= 4 is 0 Å². The van der Waals surface area contributed by atoms with Crippen molar-refractivity contribution in [2.75, 3.05) is 0 Å². The summed E-state index contributed by atoms with van der Waals surface area (Å²) in [4.78, 5) is 0. The van der Waals surface area contributed by atoms with Crippen LogP contribution in [0.1, 0.15) is 97.8 Å². The molecule has 0 aliphatic heterocycles. The Hall–Kier alpha value is -0.0400. The van der Waals surface area contributed by atoms with Gasteiger partial charge in [0.25, 0.3) is 0 Å². The van der Waals surface area contributed by atoms with Gasteiger partial charge in [-0.1, -0.05) is 91.4 Å². The van der Waals surface area contributed by atoms with E-state index < -0.39 is 0 Å². The van der Waals surface area contributed by atoms with E-state index >= 15 is 0 Å². The first kappa shape index (κ1) is 18.0. The van der Waals surface area contributed by atoms with E-state index in [0.717, 1.165) is 6.42 Å². The van der Waals surface area contributed by atoms with Crippen molar-refractivity contribution in [1.82, 2.24) is 0 Å². The van der Waals surface area contributed by atoms with E-state index in [0.29, 0.717) is 5.92 Å². The largest absolute Gasteiger partial charge is 0.393 e. The number of aliphatic hydroxyl groups is 1. The van der Waals surface area contributed by atoms with Crippen molar-refractivity contribution in [3.8, 4) is 0 Å². The fourth-order valence-corrected chi connectivity index (χ4v) is 2.35. The zero-order valence-corrected chi connectivity index (χ0v) is 13.1. The molecular weight excluding hydrogens is 220 g/mol. The fourth-order valence-electron chi connectivity index (χ4n) is 2.35. The summed E-state index contributed by atoms with van der Waals surface area (Å²) in [6.07, 6.45) is 16.1. The molecule has 0 aliphatic carbocycles. The van der Waals surface area contributed by atoms with Gasteiger partial charge in [-0.25, -0.2) is 0 Å². The summed E-state index contributed by atoms with van der Waals surface area (Å²) in [5, 5.41) is 9.67. The molecule has 1 heteroatoms. The predicted octanol–water partition coefficient (Wildman–Crippen LogP) is 5.70. The minimum Gasteiger partial charge on any atom is -0.393 e. The molecule has 110 valence electrons.